The van der Waals surface area contributed by atoms with E-state index in [4.69, 9.17) is 32.7 Å². The van der Waals surface area contributed by atoms with Crippen molar-refractivity contribution >= 4 is 40.5 Å². The van der Waals surface area contributed by atoms with Crippen molar-refractivity contribution in [3.63, 3.8) is 0 Å². The van der Waals surface area contributed by atoms with Crippen molar-refractivity contribution in [2.75, 3.05) is 7.11 Å². The minimum Gasteiger partial charge on any atom is -0.493 e. The first-order chi connectivity index (χ1) is 14.9. The lowest BCUT2D eigenvalue weighted by atomic mass is 10.0. The molecule has 0 N–H and O–H groups in total. The average molecular weight is 455 g/mol. The van der Waals surface area contributed by atoms with Crippen LogP contribution in [0.2, 0.25) is 10.0 Å². The van der Waals surface area contributed by atoms with Crippen molar-refractivity contribution in [3.8, 4) is 17.6 Å². The van der Waals surface area contributed by atoms with E-state index in [0.717, 1.165) is 0 Å². The van der Waals surface area contributed by atoms with E-state index in [2.05, 4.69) is 6.07 Å². The van der Waals surface area contributed by atoms with Crippen molar-refractivity contribution in [1.82, 2.24) is 0 Å². The Morgan fingerprint density at radius 2 is 1.90 bits per heavy atom. The number of benzene rings is 3. The number of nitrogens with zero attached hydrogens (tertiary/aromatic N) is 2. The van der Waals surface area contributed by atoms with Gasteiger partial charge in [0.05, 0.1) is 28.7 Å². The van der Waals surface area contributed by atoms with Crippen LogP contribution >= 0.6 is 23.2 Å². The van der Waals surface area contributed by atoms with Gasteiger partial charge in [-0.2, -0.15) is 5.26 Å². The number of methoxy groups -OCH3 is 1. The normalized spacial score (nSPS) is 11.0. The molecule has 156 valence electrons. The van der Waals surface area contributed by atoms with Crippen molar-refractivity contribution in [2.24, 2.45) is 0 Å². The zero-order chi connectivity index (χ0) is 22.4. The van der Waals surface area contributed by atoms with Gasteiger partial charge >= 0.3 is 0 Å². The standard InChI is InChI=1S/C23H16Cl2N2O4/c1-30-22-12-16(9-18(13-26)17-5-7-19(24)8-6-17)11-21(25)23(22)31-14-15-3-2-4-20(10-15)27(28)29/h2-12H,14H2,1H3/b18-9-. The van der Waals surface area contributed by atoms with Gasteiger partial charge in [0.25, 0.3) is 5.69 Å². The lowest BCUT2D eigenvalue weighted by molar-refractivity contribution is -0.384. The molecule has 0 aliphatic carbocycles. The number of hydrogen-bond acceptors (Lipinski definition) is 5. The van der Waals surface area contributed by atoms with Crippen LogP contribution < -0.4 is 9.47 Å². The molecule has 0 atom stereocenters. The third-order valence-corrected chi connectivity index (χ3v) is 4.88. The minimum atomic E-state index is -0.467. The molecule has 0 saturated carbocycles. The minimum absolute atomic E-state index is 0.0223. The molecule has 0 saturated heterocycles. The highest BCUT2D eigenvalue weighted by Crippen LogP contribution is 2.38. The first-order valence-electron chi connectivity index (χ1n) is 9.02. The van der Waals surface area contributed by atoms with Gasteiger partial charge < -0.3 is 9.47 Å². The topological polar surface area (TPSA) is 85.4 Å². The van der Waals surface area contributed by atoms with E-state index < -0.39 is 4.92 Å². The molecule has 3 aromatic rings. The molecule has 3 rings (SSSR count). The molecular weight excluding hydrogens is 439 g/mol. The van der Waals surface area contributed by atoms with Crippen molar-refractivity contribution in [1.29, 1.82) is 5.26 Å². The van der Waals surface area contributed by atoms with Crippen LogP contribution in [-0.4, -0.2) is 12.0 Å². The van der Waals surface area contributed by atoms with E-state index >= 15 is 0 Å². The summed E-state index contributed by atoms with van der Waals surface area (Å²) >= 11 is 12.3. The molecule has 0 spiro atoms. The largest absolute Gasteiger partial charge is 0.493 e. The Kier molecular flexibility index (Phi) is 7.14. The maximum absolute atomic E-state index is 10.9. The third kappa shape index (κ3) is 5.54. The number of nitro benzene ring substituents is 1. The molecule has 3 aromatic carbocycles. The van der Waals surface area contributed by atoms with Crippen LogP contribution in [0.4, 0.5) is 5.69 Å². The summed E-state index contributed by atoms with van der Waals surface area (Å²) in [7, 11) is 1.48. The second kappa shape index (κ2) is 9.98. The third-order valence-electron chi connectivity index (χ3n) is 4.34. The maximum Gasteiger partial charge on any atom is 0.269 e. The number of non-ortho nitro benzene ring substituents is 1. The highest BCUT2D eigenvalue weighted by atomic mass is 35.5. The molecule has 0 unspecified atom stereocenters. The average Bonchev–Trinajstić information content (AvgIpc) is 2.77. The molecule has 0 radical (unpaired) electrons. The lowest BCUT2D eigenvalue weighted by Crippen LogP contribution is -2.00. The number of nitriles is 1. The zero-order valence-corrected chi connectivity index (χ0v) is 17.9. The Bertz CT molecular complexity index is 1190. The first kappa shape index (κ1) is 22.2. The highest BCUT2D eigenvalue weighted by molar-refractivity contribution is 6.32. The van der Waals surface area contributed by atoms with Gasteiger partial charge in [-0.1, -0.05) is 47.5 Å². The van der Waals surface area contributed by atoms with E-state index in [1.807, 2.05) is 0 Å². The molecule has 0 amide bonds. The van der Waals surface area contributed by atoms with Gasteiger partial charge in [-0.25, -0.2) is 0 Å². The van der Waals surface area contributed by atoms with E-state index in [-0.39, 0.29) is 17.3 Å². The Morgan fingerprint density at radius 3 is 2.55 bits per heavy atom. The van der Waals surface area contributed by atoms with Crippen molar-refractivity contribution in [3.05, 3.63) is 97.5 Å². The van der Waals surface area contributed by atoms with E-state index in [1.165, 1.54) is 19.2 Å². The Hall–Kier alpha value is -3.53. The van der Waals surface area contributed by atoms with E-state index in [0.29, 0.717) is 38.8 Å². The molecule has 0 bridgehead atoms. The molecule has 0 aliphatic rings. The number of hydrogen-bond donors (Lipinski definition) is 0. The zero-order valence-electron chi connectivity index (χ0n) is 16.3. The molecule has 8 heteroatoms. The number of ether oxygens (including phenoxy) is 2. The second-order valence-corrected chi connectivity index (χ2v) is 7.27. The molecule has 0 fully saturated rings. The Balaban J connectivity index is 1.88. The summed E-state index contributed by atoms with van der Waals surface area (Å²) in [5.74, 6) is 0.676. The molecule has 0 aliphatic heterocycles. The molecule has 31 heavy (non-hydrogen) atoms. The van der Waals surface area contributed by atoms with Gasteiger partial charge in [-0.3, -0.25) is 10.1 Å². The van der Waals surface area contributed by atoms with E-state index in [1.54, 1.807) is 54.6 Å². The summed E-state index contributed by atoms with van der Waals surface area (Å²) in [4.78, 5) is 10.5. The van der Waals surface area contributed by atoms with Crippen LogP contribution in [0.25, 0.3) is 11.6 Å². The van der Waals surface area contributed by atoms with E-state index in [9.17, 15) is 15.4 Å². The van der Waals surface area contributed by atoms with Gasteiger partial charge in [-0.15, -0.1) is 0 Å². The summed E-state index contributed by atoms with van der Waals surface area (Å²) in [6.07, 6.45) is 1.68. The van der Waals surface area contributed by atoms with Crippen LogP contribution in [0.1, 0.15) is 16.7 Å². The van der Waals surface area contributed by atoms with Crippen LogP contribution in [0, 0.1) is 21.4 Å². The lowest BCUT2D eigenvalue weighted by Gasteiger charge is -2.13. The molecule has 6 nitrogen and oxygen atoms in total. The fourth-order valence-electron chi connectivity index (χ4n) is 2.85. The second-order valence-electron chi connectivity index (χ2n) is 6.43. The quantitative estimate of drug-likeness (QED) is 0.174. The van der Waals surface area contributed by atoms with Gasteiger partial charge in [0.1, 0.15) is 6.61 Å². The smallest absolute Gasteiger partial charge is 0.269 e. The highest BCUT2D eigenvalue weighted by Gasteiger charge is 2.14. The number of allylic oxidation sites excluding steroid dienone is 1. The van der Waals surface area contributed by atoms with Gasteiger partial charge in [0, 0.05) is 17.2 Å². The molecular formula is C23H16Cl2N2O4. The monoisotopic (exact) mass is 454 g/mol. The fraction of sp³-hybridized carbons (Fsp3) is 0.0870. The van der Waals surface area contributed by atoms with Crippen molar-refractivity contribution < 1.29 is 14.4 Å². The molecule has 0 aromatic heterocycles. The summed E-state index contributed by atoms with van der Waals surface area (Å²) in [5.41, 5.74) is 2.39. The maximum atomic E-state index is 10.9. The number of rotatable bonds is 7. The number of halogens is 2. The van der Waals surface area contributed by atoms with Gasteiger partial charge in [0.2, 0.25) is 0 Å². The SMILES string of the molecule is COc1cc(/C=C(/C#N)c2ccc(Cl)cc2)cc(Cl)c1OCc1cccc([N+](=O)[O-])c1. The van der Waals surface area contributed by atoms with Crippen LogP contribution in [-0.2, 0) is 6.61 Å². The number of nitro groups is 1. The summed E-state index contributed by atoms with van der Waals surface area (Å²) < 4.78 is 11.2. The Morgan fingerprint density at radius 1 is 1.16 bits per heavy atom. The van der Waals surface area contributed by atoms with Crippen molar-refractivity contribution in [2.45, 2.75) is 6.61 Å². The summed E-state index contributed by atoms with van der Waals surface area (Å²) in [5, 5.41) is 21.3. The van der Waals surface area contributed by atoms with Gasteiger partial charge in [0.15, 0.2) is 11.5 Å². The predicted octanol–water partition coefficient (Wildman–Crippen LogP) is 6.55. The first-order valence-corrected chi connectivity index (χ1v) is 9.78. The van der Waals surface area contributed by atoms with Crippen LogP contribution in [0.15, 0.2) is 60.7 Å². The van der Waals surface area contributed by atoms with Crippen LogP contribution in [0.3, 0.4) is 0 Å². The fourth-order valence-corrected chi connectivity index (χ4v) is 3.25. The van der Waals surface area contributed by atoms with Crippen LogP contribution in [0.5, 0.6) is 11.5 Å². The predicted molar refractivity (Wildman–Crippen MR) is 120 cm³/mol. The summed E-state index contributed by atoms with van der Waals surface area (Å²) in [6.45, 7) is 0.0706. The van der Waals surface area contributed by atoms with Gasteiger partial charge in [-0.05, 0) is 47.0 Å². The molecule has 0 heterocycles. The summed E-state index contributed by atoms with van der Waals surface area (Å²) in [6, 6.07) is 18.6. The Labute approximate surface area is 189 Å².